The van der Waals surface area contributed by atoms with E-state index in [1.165, 1.54) is 0 Å². The Labute approximate surface area is 140 Å². The SMILES string of the molecule is CC(C=O)c1ccc(N2Cc3cc4ccccc4cc3C2=O)cc1. The highest BCUT2D eigenvalue weighted by atomic mass is 16.2. The third kappa shape index (κ3) is 2.29. The fourth-order valence-electron chi connectivity index (χ4n) is 3.25. The highest BCUT2D eigenvalue weighted by Crippen LogP contribution is 2.32. The normalized spacial score (nSPS) is 14.7. The van der Waals surface area contributed by atoms with Gasteiger partial charge in [-0.25, -0.2) is 0 Å². The van der Waals surface area contributed by atoms with Gasteiger partial charge in [0.1, 0.15) is 6.29 Å². The molecule has 0 radical (unpaired) electrons. The summed E-state index contributed by atoms with van der Waals surface area (Å²) in [5, 5.41) is 2.24. The van der Waals surface area contributed by atoms with Crippen molar-refractivity contribution in [2.45, 2.75) is 19.4 Å². The predicted molar refractivity (Wildman–Crippen MR) is 95.4 cm³/mol. The molecule has 0 saturated heterocycles. The van der Waals surface area contributed by atoms with Crippen LogP contribution in [0.25, 0.3) is 10.8 Å². The van der Waals surface area contributed by atoms with Crippen molar-refractivity contribution in [1.82, 2.24) is 0 Å². The first-order chi connectivity index (χ1) is 11.7. The molecule has 0 aliphatic carbocycles. The summed E-state index contributed by atoms with van der Waals surface area (Å²) >= 11 is 0. The Morgan fingerprint density at radius 3 is 2.33 bits per heavy atom. The van der Waals surface area contributed by atoms with Gasteiger partial charge in [0.2, 0.25) is 0 Å². The lowest BCUT2D eigenvalue weighted by Gasteiger charge is -2.16. The van der Waals surface area contributed by atoms with Crippen LogP contribution in [-0.4, -0.2) is 12.2 Å². The van der Waals surface area contributed by atoms with Crippen molar-refractivity contribution in [3.8, 4) is 0 Å². The fraction of sp³-hybridized carbons (Fsp3) is 0.143. The third-order valence-corrected chi connectivity index (χ3v) is 4.71. The maximum absolute atomic E-state index is 12.8. The number of rotatable bonds is 3. The van der Waals surface area contributed by atoms with Crippen LogP contribution < -0.4 is 4.90 Å². The van der Waals surface area contributed by atoms with Crippen molar-refractivity contribution < 1.29 is 9.59 Å². The molecule has 4 rings (SSSR count). The molecule has 3 heteroatoms. The van der Waals surface area contributed by atoms with Crippen LogP contribution in [0, 0.1) is 0 Å². The Morgan fingerprint density at radius 1 is 1.00 bits per heavy atom. The van der Waals surface area contributed by atoms with Crippen LogP contribution in [0.15, 0.2) is 60.7 Å². The van der Waals surface area contributed by atoms with E-state index < -0.39 is 0 Å². The van der Waals surface area contributed by atoms with E-state index in [9.17, 15) is 9.59 Å². The molecule has 1 unspecified atom stereocenters. The molecule has 3 aromatic carbocycles. The number of anilines is 1. The van der Waals surface area contributed by atoms with Gasteiger partial charge in [-0.2, -0.15) is 0 Å². The monoisotopic (exact) mass is 315 g/mol. The van der Waals surface area contributed by atoms with E-state index in [0.29, 0.717) is 6.54 Å². The molecule has 0 N–H and O–H groups in total. The Hall–Kier alpha value is -2.94. The lowest BCUT2D eigenvalue weighted by molar-refractivity contribution is -0.108. The molecule has 1 atom stereocenters. The molecule has 1 aliphatic rings. The number of aldehydes is 1. The molecule has 0 spiro atoms. The summed E-state index contributed by atoms with van der Waals surface area (Å²) in [6, 6.07) is 19.8. The van der Waals surface area contributed by atoms with Gasteiger partial charge in [-0.15, -0.1) is 0 Å². The van der Waals surface area contributed by atoms with Crippen molar-refractivity contribution in [3.63, 3.8) is 0 Å². The molecule has 118 valence electrons. The lowest BCUT2D eigenvalue weighted by atomic mass is 10.0. The van der Waals surface area contributed by atoms with Gasteiger partial charge in [0.15, 0.2) is 0 Å². The second-order valence-electron chi connectivity index (χ2n) is 6.26. The minimum Gasteiger partial charge on any atom is -0.304 e. The minimum absolute atomic E-state index is 0.0342. The summed E-state index contributed by atoms with van der Waals surface area (Å²) in [4.78, 5) is 25.5. The summed E-state index contributed by atoms with van der Waals surface area (Å²) in [7, 11) is 0. The van der Waals surface area contributed by atoms with Crippen LogP contribution >= 0.6 is 0 Å². The van der Waals surface area contributed by atoms with Crippen LogP contribution in [0.1, 0.15) is 34.3 Å². The van der Waals surface area contributed by atoms with E-state index in [-0.39, 0.29) is 11.8 Å². The van der Waals surface area contributed by atoms with Crippen molar-refractivity contribution in [3.05, 3.63) is 77.4 Å². The van der Waals surface area contributed by atoms with Gasteiger partial charge in [0, 0.05) is 17.2 Å². The minimum atomic E-state index is -0.129. The van der Waals surface area contributed by atoms with Crippen LogP contribution in [0.5, 0.6) is 0 Å². The Morgan fingerprint density at radius 2 is 1.67 bits per heavy atom. The summed E-state index contributed by atoms with van der Waals surface area (Å²) in [5.74, 6) is -0.0947. The Kier molecular flexibility index (Phi) is 3.42. The zero-order chi connectivity index (χ0) is 16.7. The van der Waals surface area contributed by atoms with Gasteiger partial charge in [0.05, 0.1) is 6.54 Å². The first kappa shape index (κ1) is 14.6. The maximum atomic E-state index is 12.8. The van der Waals surface area contributed by atoms with Crippen LogP contribution in [0.2, 0.25) is 0 Å². The van der Waals surface area contributed by atoms with Gasteiger partial charge >= 0.3 is 0 Å². The summed E-state index contributed by atoms with van der Waals surface area (Å²) < 4.78 is 0. The van der Waals surface area contributed by atoms with E-state index in [1.54, 1.807) is 4.90 Å². The summed E-state index contributed by atoms with van der Waals surface area (Å²) in [6.07, 6.45) is 0.928. The van der Waals surface area contributed by atoms with Gasteiger partial charge in [-0.1, -0.05) is 43.3 Å². The van der Waals surface area contributed by atoms with E-state index in [2.05, 4.69) is 12.1 Å². The summed E-state index contributed by atoms with van der Waals surface area (Å²) in [5.41, 5.74) is 3.66. The summed E-state index contributed by atoms with van der Waals surface area (Å²) in [6.45, 7) is 2.45. The predicted octanol–water partition coefficient (Wildman–Crippen LogP) is 4.30. The fourth-order valence-corrected chi connectivity index (χ4v) is 3.25. The molecule has 1 heterocycles. The van der Waals surface area contributed by atoms with E-state index in [0.717, 1.165) is 39.4 Å². The van der Waals surface area contributed by atoms with Gasteiger partial charge < -0.3 is 9.69 Å². The highest BCUT2D eigenvalue weighted by Gasteiger charge is 2.28. The molecule has 1 amide bonds. The molecule has 3 aromatic rings. The Bertz CT molecular complexity index is 944. The van der Waals surface area contributed by atoms with Crippen LogP contribution in [0.4, 0.5) is 5.69 Å². The molecule has 3 nitrogen and oxygen atoms in total. The van der Waals surface area contributed by atoms with Crippen molar-refractivity contribution in [2.24, 2.45) is 0 Å². The highest BCUT2D eigenvalue weighted by molar-refractivity contribution is 6.12. The van der Waals surface area contributed by atoms with Crippen molar-refractivity contribution >= 4 is 28.7 Å². The molecular formula is C21H17NO2. The lowest BCUT2D eigenvalue weighted by Crippen LogP contribution is -2.22. The smallest absolute Gasteiger partial charge is 0.258 e. The van der Waals surface area contributed by atoms with E-state index in [1.807, 2.05) is 55.5 Å². The van der Waals surface area contributed by atoms with E-state index >= 15 is 0 Å². The van der Waals surface area contributed by atoms with Crippen LogP contribution in [0.3, 0.4) is 0 Å². The number of benzene rings is 3. The second-order valence-corrected chi connectivity index (χ2v) is 6.26. The number of hydrogen-bond donors (Lipinski definition) is 0. The standard InChI is InChI=1S/C21H17NO2/c1-14(13-23)15-6-8-19(9-7-15)22-12-18-10-16-4-2-3-5-17(16)11-20(18)21(22)24/h2-11,13-14H,12H2,1H3. The number of carbonyl (C=O) groups is 2. The number of nitrogens with zero attached hydrogens (tertiary/aromatic N) is 1. The number of amides is 1. The van der Waals surface area contributed by atoms with Gasteiger partial charge in [-0.05, 0) is 46.2 Å². The average Bonchev–Trinajstić information content (AvgIpc) is 2.95. The topological polar surface area (TPSA) is 37.4 Å². The van der Waals surface area contributed by atoms with Gasteiger partial charge in [-0.3, -0.25) is 4.79 Å². The number of carbonyl (C=O) groups excluding carboxylic acids is 2. The first-order valence-electron chi connectivity index (χ1n) is 8.06. The zero-order valence-electron chi connectivity index (χ0n) is 13.4. The maximum Gasteiger partial charge on any atom is 0.258 e. The van der Waals surface area contributed by atoms with Crippen molar-refractivity contribution in [1.29, 1.82) is 0 Å². The molecule has 0 aromatic heterocycles. The third-order valence-electron chi connectivity index (χ3n) is 4.71. The zero-order valence-corrected chi connectivity index (χ0v) is 13.4. The van der Waals surface area contributed by atoms with Crippen molar-refractivity contribution in [2.75, 3.05) is 4.90 Å². The quantitative estimate of drug-likeness (QED) is 0.676. The van der Waals surface area contributed by atoms with Crippen LogP contribution in [-0.2, 0) is 11.3 Å². The number of hydrogen-bond acceptors (Lipinski definition) is 2. The first-order valence-corrected chi connectivity index (χ1v) is 8.06. The number of fused-ring (bicyclic) bond motifs is 2. The van der Waals surface area contributed by atoms with E-state index in [4.69, 9.17) is 0 Å². The molecule has 0 fully saturated rings. The molecule has 24 heavy (non-hydrogen) atoms. The molecule has 0 saturated carbocycles. The largest absolute Gasteiger partial charge is 0.304 e. The Balaban J connectivity index is 1.69. The molecular weight excluding hydrogens is 298 g/mol. The second kappa shape index (κ2) is 5.60. The molecule has 0 bridgehead atoms. The molecule has 1 aliphatic heterocycles. The van der Waals surface area contributed by atoms with Gasteiger partial charge in [0.25, 0.3) is 5.91 Å². The average molecular weight is 315 g/mol.